The standard InChI is InChI=1S/C20H22FNO3/c21-16-6-7-19-20(10-16)25-18(13-24-19)12-22-8-2-4-15(11-22)14-3-1-5-17(23)9-14/h1,3,5-7,9-10,15,18,23H,2,4,8,11-13H2. The van der Waals surface area contributed by atoms with Gasteiger partial charge < -0.3 is 14.6 Å². The molecule has 0 saturated carbocycles. The zero-order valence-corrected chi connectivity index (χ0v) is 14.0. The fraction of sp³-hybridized carbons (Fsp3) is 0.400. The highest BCUT2D eigenvalue weighted by molar-refractivity contribution is 5.41. The van der Waals surface area contributed by atoms with E-state index >= 15 is 0 Å². The van der Waals surface area contributed by atoms with E-state index in [1.54, 1.807) is 12.1 Å². The van der Waals surface area contributed by atoms with Gasteiger partial charge in [-0.25, -0.2) is 4.39 Å². The lowest BCUT2D eigenvalue weighted by Gasteiger charge is -2.36. The second kappa shape index (κ2) is 6.92. The van der Waals surface area contributed by atoms with Crippen molar-refractivity contribution in [3.05, 3.63) is 53.8 Å². The summed E-state index contributed by atoms with van der Waals surface area (Å²) >= 11 is 0. The number of piperidine rings is 1. The van der Waals surface area contributed by atoms with Gasteiger partial charge in [0.2, 0.25) is 0 Å². The Morgan fingerprint density at radius 2 is 2.08 bits per heavy atom. The molecule has 0 aliphatic carbocycles. The number of phenolic OH excluding ortho intramolecular Hbond substituents is 1. The van der Waals surface area contributed by atoms with E-state index in [0.717, 1.165) is 32.5 Å². The predicted octanol–water partition coefficient (Wildman–Crippen LogP) is 3.55. The van der Waals surface area contributed by atoms with Crippen molar-refractivity contribution in [2.24, 2.45) is 0 Å². The minimum Gasteiger partial charge on any atom is -0.508 e. The molecule has 4 rings (SSSR count). The Morgan fingerprint density at radius 3 is 2.96 bits per heavy atom. The third-order valence-electron chi connectivity index (χ3n) is 4.93. The zero-order chi connectivity index (χ0) is 17.2. The summed E-state index contributed by atoms with van der Waals surface area (Å²) in [5.41, 5.74) is 1.18. The topological polar surface area (TPSA) is 41.9 Å². The Balaban J connectivity index is 1.40. The molecule has 1 saturated heterocycles. The summed E-state index contributed by atoms with van der Waals surface area (Å²) in [6.45, 7) is 3.18. The van der Waals surface area contributed by atoms with Crippen molar-refractivity contribution < 1.29 is 19.0 Å². The second-order valence-electron chi connectivity index (χ2n) is 6.84. The van der Waals surface area contributed by atoms with Gasteiger partial charge in [0.05, 0.1) is 0 Å². The minimum absolute atomic E-state index is 0.0998. The maximum absolute atomic E-state index is 13.4. The van der Waals surface area contributed by atoms with Crippen LogP contribution in [0, 0.1) is 5.82 Å². The lowest BCUT2D eigenvalue weighted by molar-refractivity contribution is 0.0501. The van der Waals surface area contributed by atoms with Crippen LogP contribution in [-0.4, -0.2) is 42.4 Å². The van der Waals surface area contributed by atoms with Gasteiger partial charge in [0, 0.05) is 19.2 Å². The molecule has 4 nitrogen and oxygen atoms in total. The average molecular weight is 343 g/mol. The number of halogens is 1. The van der Waals surface area contributed by atoms with Gasteiger partial charge in [-0.15, -0.1) is 0 Å². The van der Waals surface area contributed by atoms with Crippen LogP contribution in [0.15, 0.2) is 42.5 Å². The molecule has 1 fully saturated rings. The fourth-order valence-electron chi connectivity index (χ4n) is 3.74. The lowest BCUT2D eigenvalue weighted by atomic mass is 9.90. The molecule has 2 aliphatic rings. The molecular weight excluding hydrogens is 321 g/mol. The summed E-state index contributed by atoms with van der Waals surface area (Å²) < 4.78 is 25.0. The molecule has 5 heteroatoms. The number of nitrogens with zero attached hydrogens (tertiary/aromatic N) is 1. The molecular formula is C20H22FNO3. The van der Waals surface area contributed by atoms with Crippen molar-refractivity contribution in [2.45, 2.75) is 24.9 Å². The SMILES string of the molecule is Oc1cccc(C2CCCN(CC3COc4ccc(F)cc4O3)C2)c1. The quantitative estimate of drug-likeness (QED) is 0.925. The fourth-order valence-corrected chi connectivity index (χ4v) is 3.74. The van der Waals surface area contributed by atoms with Crippen LogP contribution in [-0.2, 0) is 0 Å². The highest BCUT2D eigenvalue weighted by Gasteiger charge is 2.27. The lowest BCUT2D eigenvalue weighted by Crippen LogP contribution is -2.44. The second-order valence-corrected chi connectivity index (χ2v) is 6.84. The number of phenols is 1. The molecule has 0 spiro atoms. The molecule has 2 aromatic carbocycles. The van der Waals surface area contributed by atoms with Crippen molar-refractivity contribution >= 4 is 0 Å². The van der Waals surface area contributed by atoms with E-state index in [9.17, 15) is 9.50 Å². The van der Waals surface area contributed by atoms with Crippen molar-refractivity contribution in [1.82, 2.24) is 4.90 Å². The van der Waals surface area contributed by atoms with Gasteiger partial charge in [0.1, 0.15) is 24.3 Å². The van der Waals surface area contributed by atoms with Gasteiger partial charge in [0.25, 0.3) is 0 Å². The van der Waals surface area contributed by atoms with E-state index in [1.807, 2.05) is 12.1 Å². The Kier molecular flexibility index (Phi) is 4.49. The summed E-state index contributed by atoms with van der Waals surface area (Å²) in [6, 6.07) is 11.9. The molecule has 2 heterocycles. The Hall–Kier alpha value is -2.27. The maximum atomic E-state index is 13.4. The van der Waals surface area contributed by atoms with Crippen LogP contribution in [0.1, 0.15) is 24.3 Å². The molecule has 2 aliphatic heterocycles. The van der Waals surface area contributed by atoms with Crippen LogP contribution in [0.2, 0.25) is 0 Å². The molecule has 0 bridgehead atoms. The first-order valence-electron chi connectivity index (χ1n) is 8.77. The van der Waals surface area contributed by atoms with Gasteiger partial charge in [-0.05, 0) is 55.1 Å². The first kappa shape index (κ1) is 16.2. The smallest absolute Gasteiger partial charge is 0.164 e. The van der Waals surface area contributed by atoms with Gasteiger partial charge >= 0.3 is 0 Å². The van der Waals surface area contributed by atoms with Crippen LogP contribution in [0.25, 0.3) is 0 Å². The van der Waals surface area contributed by atoms with E-state index in [2.05, 4.69) is 11.0 Å². The monoisotopic (exact) mass is 343 g/mol. The summed E-state index contributed by atoms with van der Waals surface area (Å²) in [5, 5.41) is 9.71. The third-order valence-corrected chi connectivity index (χ3v) is 4.93. The van der Waals surface area contributed by atoms with Crippen molar-refractivity contribution in [3.8, 4) is 17.2 Å². The Morgan fingerprint density at radius 1 is 1.16 bits per heavy atom. The number of hydrogen-bond acceptors (Lipinski definition) is 4. The first-order chi connectivity index (χ1) is 12.2. The molecule has 1 N–H and O–H groups in total. The molecule has 0 amide bonds. The van der Waals surface area contributed by atoms with Gasteiger partial charge in [0.15, 0.2) is 11.5 Å². The van der Waals surface area contributed by atoms with Gasteiger partial charge in [-0.3, -0.25) is 4.90 Å². The average Bonchev–Trinajstić information content (AvgIpc) is 2.62. The molecule has 25 heavy (non-hydrogen) atoms. The number of likely N-dealkylation sites (tertiary alicyclic amines) is 1. The van der Waals surface area contributed by atoms with E-state index < -0.39 is 0 Å². The highest BCUT2D eigenvalue weighted by atomic mass is 19.1. The number of aromatic hydroxyl groups is 1. The largest absolute Gasteiger partial charge is 0.508 e. The summed E-state index contributed by atoms with van der Waals surface area (Å²) in [4.78, 5) is 2.37. The van der Waals surface area contributed by atoms with Crippen LogP contribution in [0.4, 0.5) is 4.39 Å². The number of ether oxygens (including phenoxy) is 2. The minimum atomic E-state index is -0.315. The molecule has 2 unspecified atom stereocenters. The van der Waals surface area contributed by atoms with Crippen LogP contribution in [0.3, 0.4) is 0 Å². The van der Waals surface area contributed by atoms with E-state index in [0.29, 0.717) is 29.8 Å². The zero-order valence-electron chi connectivity index (χ0n) is 14.0. The predicted molar refractivity (Wildman–Crippen MR) is 92.8 cm³/mol. The molecule has 2 aromatic rings. The first-order valence-corrected chi connectivity index (χ1v) is 8.77. The number of rotatable bonds is 3. The molecule has 0 radical (unpaired) electrons. The molecule has 2 atom stereocenters. The molecule has 132 valence electrons. The van der Waals surface area contributed by atoms with Crippen LogP contribution >= 0.6 is 0 Å². The van der Waals surface area contributed by atoms with Gasteiger partial charge in [-0.1, -0.05) is 12.1 Å². The van der Waals surface area contributed by atoms with Crippen molar-refractivity contribution in [2.75, 3.05) is 26.2 Å². The van der Waals surface area contributed by atoms with Crippen molar-refractivity contribution in [3.63, 3.8) is 0 Å². The molecule has 0 aromatic heterocycles. The summed E-state index contributed by atoms with van der Waals surface area (Å²) in [6.07, 6.45) is 2.13. The van der Waals surface area contributed by atoms with Crippen molar-refractivity contribution in [1.29, 1.82) is 0 Å². The van der Waals surface area contributed by atoms with E-state index in [1.165, 1.54) is 17.7 Å². The Labute approximate surface area is 146 Å². The van der Waals surface area contributed by atoms with Crippen LogP contribution < -0.4 is 9.47 Å². The normalized spacial score (nSPS) is 23.4. The maximum Gasteiger partial charge on any atom is 0.164 e. The third kappa shape index (κ3) is 3.71. The van der Waals surface area contributed by atoms with E-state index in [4.69, 9.17) is 9.47 Å². The number of benzene rings is 2. The van der Waals surface area contributed by atoms with E-state index in [-0.39, 0.29) is 11.9 Å². The van der Waals surface area contributed by atoms with Crippen LogP contribution in [0.5, 0.6) is 17.2 Å². The summed E-state index contributed by atoms with van der Waals surface area (Å²) in [5.74, 6) is 1.50. The Bertz CT molecular complexity index is 751. The number of hydrogen-bond donors (Lipinski definition) is 1. The number of fused-ring (bicyclic) bond motifs is 1. The summed E-state index contributed by atoms with van der Waals surface area (Å²) in [7, 11) is 0. The highest BCUT2D eigenvalue weighted by Crippen LogP contribution is 2.33. The van der Waals surface area contributed by atoms with Gasteiger partial charge in [-0.2, -0.15) is 0 Å².